The van der Waals surface area contributed by atoms with Crippen molar-refractivity contribution >= 4 is 61.0 Å². The zero-order chi connectivity index (χ0) is 39.7. The summed E-state index contributed by atoms with van der Waals surface area (Å²) in [7, 11) is 1.65. The highest BCUT2D eigenvalue weighted by Crippen LogP contribution is 2.51. The molecular weight excluding hydrogens is 772 g/mol. The van der Waals surface area contributed by atoms with E-state index in [4.69, 9.17) is 22.3 Å². The van der Waals surface area contributed by atoms with Gasteiger partial charge in [-0.15, -0.1) is 0 Å². The fourth-order valence-electron chi connectivity index (χ4n) is 7.13. The average molecular weight is 806 g/mol. The van der Waals surface area contributed by atoms with Crippen LogP contribution in [0.5, 0.6) is 0 Å². The molecular formula is C36H34ClF6N9O2S. The third kappa shape index (κ3) is 7.41. The second-order valence-electron chi connectivity index (χ2n) is 14.3. The van der Waals surface area contributed by atoms with E-state index in [2.05, 4.69) is 25.8 Å². The molecule has 5 N–H and O–H groups in total. The minimum absolute atomic E-state index is 0.104. The van der Waals surface area contributed by atoms with Crippen LogP contribution in [0.4, 0.5) is 37.3 Å². The van der Waals surface area contributed by atoms with Crippen LogP contribution in [0, 0.1) is 11.6 Å². The van der Waals surface area contributed by atoms with E-state index < -0.39 is 71.8 Å². The number of nitrogens with one attached hydrogen (secondary N) is 2. The van der Waals surface area contributed by atoms with Gasteiger partial charge in [0.15, 0.2) is 16.6 Å². The van der Waals surface area contributed by atoms with Gasteiger partial charge >= 0.3 is 0 Å². The first-order chi connectivity index (χ1) is 25.8. The molecule has 0 spiro atoms. The van der Waals surface area contributed by atoms with Gasteiger partial charge in [0.05, 0.1) is 38.0 Å². The molecule has 0 fully saturated rings. The molecule has 0 bridgehead atoms. The Morgan fingerprint density at radius 1 is 1.11 bits per heavy atom. The van der Waals surface area contributed by atoms with Crippen LogP contribution < -0.4 is 16.4 Å². The van der Waals surface area contributed by atoms with E-state index in [0.29, 0.717) is 47.6 Å². The van der Waals surface area contributed by atoms with E-state index in [1.165, 1.54) is 22.9 Å². The summed E-state index contributed by atoms with van der Waals surface area (Å²) >= 11 is 7.78. The maximum absolute atomic E-state index is 15.2. The highest BCUT2D eigenvalue weighted by Gasteiger charge is 2.50. The molecule has 2 aromatic carbocycles. The highest BCUT2D eigenvalue weighted by atomic mass is 35.5. The van der Waals surface area contributed by atoms with E-state index in [1.54, 1.807) is 39.1 Å². The number of nitrogens with zero attached hydrogens (tertiary/aromatic N) is 6. The van der Waals surface area contributed by atoms with E-state index >= 15 is 8.78 Å². The first-order valence-corrected chi connectivity index (χ1v) is 18.2. The second kappa shape index (κ2) is 14.0. The molecule has 1 aliphatic rings. The maximum Gasteiger partial charge on any atom is 0.290 e. The van der Waals surface area contributed by atoms with E-state index in [1.807, 2.05) is 0 Å². The summed E-state index contributed by atoms with van der Waals surface area (Å²) in [6.07, 6.45) is -4.16. The van der Waals surface area contributed by atoms with Gasteiger partial charge in [-0.25, -0.2) is 27.5 Å². The second-order valence-corrected chi connectivity index (χ2v) is 15.7. The summed E-state index contributed by atoms with van der Waals surface area (Å²) in [6.45, 7) is 3.88. The first-order valence-electron chi connectivity index (χ1n) is 17.0. The summed E-state index contributed by atoms with van der Waals surface area (Å²) in [5, 5.41) is 25.3. The highest BCUT2D eigenvalue weighted by molar-refractivity contribution is 7.22. The van der Waals surface area contributed by atoms with Crippen molar-refractivity contribution in [2.24, 2.45) is 7.05 Å². The number of thiazole rings is 1. The summed E-state index contributed by atoms with van der Waals surface area (Å²) < 4.78 is 90.2. The van der Waals surface area contributed by atoms with Crippen LogP contribution in [0.3, 0.4) is 0 Å². The Morgan fingerprint density at radius 3 is 2.49 bits per heavy atom. The van der Waals surface area contributed by atoms with Gasteiger partial charge < -0.3 is 21.5 Å². The van der Waals surface area contributed by atoms with Crippen molar-refractivity contribution in [2.45, 2.75) is 70.1 Å². The van der Waals surface area contributed by atoms with Crippen molar-refractivity contribution < 1.29 is 36.2 Å². The number of hydrogen-bond acceptors (Lipinski definition) is 9. The Labute approximate surface area is 318 Å². The summed E-state index contributed by atoms with van der Waals surface area (Å²) in [6, 6.07) is 6.64. The molecule has 0 saturated carbocycles. The van der Waals surface area contributed by atoms with Gasteiger partial charge in [0.1, 0.15) is 29.6 Å². The van der Waals surface area contributed by atoms with Crippen molar-refractivity contribution in [2.75, 3.05) is 17.6 Å². The van der Waals surface area contributed by atoms with Gasteiger partial charge in [0.25, 0.3) is 12.3 Å². The van der Waals surface area contributed by atoms with Gasteiger partial charge in [-0.2, -0.15) is 19.0 Å². The van der Waals surface area contributed by atoms with Gasteiger partial charge in [0.2, 0.25) is 5.91 Å². The number of alkyl halides is 4. The molecule has 6 aromatic rings. The van der Waals surface area contributed by atoms with Crippen LogP contribution in [0.25, 0.3) is 32.4 Å². The maximum atomic E-state index is 15.2. The monoisotopic (exact) mass is 805 g/mol. The SMILES string of the molecule is C[C@H]1CC(F)(F)c2c1c(C(F)F)nn2CC(=O)N[C@@H](Cc1cc(F)cc(F)c1)c1nc2nc(NCC(C)(C)O)sc2cc1-c1ccc(Cl)c2c(N)nn(C)c12. The number of rotatable bonds is 11. The van der Waals surface area contributed by atoms with Crippen molar-refractivity contribution in [1.82, 2.24) is 34.8 Å². The number of carbonyl (C=O) groups is 1. The number of aryl methyl sites for hydroxylation is 1. The molecule has 0 radical (unpaired) electrons. The van der Waals surface area contributed by atoms with Crippen molar-refractivity contribution in [3.05, 3.63) is 81.3 Å². The predicted molar refractivity (Wildman–Crippen MR) is 196 cm³/mol. The Hall–Kier alpha value is -4.94. The molecule has 19 heteroatoms. The van der Waals surface area contributed by atoms with Crippen molar-refractivity contribution in [3.8, 4) is 11.1 Å². The van der Waals surface area contributed by atoms with E-state index in [9.17, 15) is 27.5 Å². The number of nitrogens with two attached hydrogens (primary N) is 1. The summed E-state index contributed by atoms with van der Waals surface area (Å²) in [5.41, 5.74) is 5.11. The fourth-order valence-corrected chi connectivity index (χ4v) is 8.23. The number of anilines is 2. The number of amides is 1. The quantitative estimate of drug-likeness (QED) is 0.0972. The molecule has 11 nitrogen and oxygen atoms in total. The lowest BCUT2D eigenvalue weighted by molar-refractivity contribution is -0.122. The molecule has 0 saturated heterocycles. The number of pyridine rings is 1. The molecule has 2 atom stereocenters. The van der Waals surface area contributed by atoms with Gasteiger partial charge in [-0.05, 0) is 56.0 Å². The number of fused-ring (bicyclic) bond motifs is 3. The number of hydrogen-bond donors (Lipinski definition) is 4. The van der Waals surface area contributed by atoms with Crippen LogP contribution in [0.2, 0.25) is 5.02 Å². The molecule has 4 aromatic heterocycles. The molecule has 290 valence electrons. The Balaban J connectivity index is 1.39. The zero-order valence-corrected chi connectivity index (χ0v) is 31.3. The van der Waals surface area contributed by atoms with Gasteiger partial charge in [-0.3, -0.25) is 14.2 Å². The molecule has 0 unspecified atom stereocenters. The van der Waals surface area contributed by atoms with Crippen LogP contribution in [-0.2, 0) is 30.7 Å². The van der Waals surface area contributed by atoms with Crippen molar-refractivity contribution in [1.29, 1.82) is 0 Å². The Bertz CT molecular complexity index is 2460. The van der Waals surface area contributed by atoms with Crippen molar-refractivity contribution in [3.63, 3.8) is 0 Å². The summed E-state index contributed by atoms with van der Waals surface area (Å²) in [4.78, 5) is 23.4. The lowest BCUT2D eigenvalue weighted by Gasteiger charge is -2.23. The van der Waals surface area contributed by atoms with E-state index in [-0.39, 0.29) is 41.3 Å². The molecule has 4 heterocycles. The van der Waals surface area contributed by atoms with Gasteiger partial charge in [0, 0.05) is 42.8 Å². The molecule has 1 amide bonds. The minimum Gasteiger partial charge on any atom is -0.389 e. The molecule has 0 aliphatic heterocycles. The van der Waals surface area contributed by atoms with Crippen LogP contribution in [0.15, 0.2) is 36.4 Å². The smallest absolute Gasteiger partial charge is 0.290 e. The Morgan fingerprint density at radius 2 is 1.82 bits per heavy atom. The number of benzene rings is 2. The first kappa shape index (κ1) is 38.3. The molecule has 7 rings (SSSR count). The lowest BCUT2D eigenvalue weighted by Crippen LogP contribution is -2.35. The Kier molecular flexibility index (Phi) is 9.74. The molecule has 1 aliphatic carbocycles. The fraction of sp³-hybridized carbons (Fsp3) is 0.361. The van der Waals surface area contributed by atoms with Crippen LogP contribution in [0.1, 0.15) is 73.8 Å². The number of nitrogen functional groups attached to an aromatic ring is 1. The zero-order valence-electron chi connectivity index (χ0n) is 29.7. The number of aromatic nitrogens is 6. The molecule has 55 heavy (non-hydrogen) atoms. The number of carbonyl (C=O) groups excluding carboxylic acids is 1. The van der Waals surface area contributed by atoms with Crippen LogP contribution in [-0.4, -0.2) is 52.7 Å². The largest absolute Gasteiger partial charge is 0.389 e. The third-order valence-corrected chi connectivity index (χ3v) is 10.6. The van der Waals surface area contributed by atoms with Crippen LogP contribution >= 0.6 is 22.9 Å². The van der Waals surface area contributed by atoms with E-state index in [0.717, 1.165) is 12.1 Å². The average Bonchev–Trinajstić information content (AvgIpc) is 3.80. The normalized spacial score (nSPS) is 16.0. The lowest BCUT2D eigenvalue weighted by atomic mass is 9.94. The predicted octanol–water partition coefficient (Wildman–Crippen LogP) is 7.77. The number of halogens is 7. The van der Waals surface area contributed by atoms with Gasteiger partial charge in [-0.1, -0.05) is 35.9 Å². The topological polar surface area (TPSA) is 149 Å². The number of aliphatic hydroxyl groups is 1. The standard InChI is InChI=1S/C36H34ClF6N9O2S/c1-15-12-36(42,43)30-25(15)28(31(40)41)49-52(30)13-24(53)46-22(9-16-7-17(38)10-18(39)8-16)27-20(19-5-6-21(37)26-29(19)51(4)50-32(26)44)11-23-33(47-27)48-34(55-23)45-14-35(2,3)54/h5-8,10-11,15,22,31,54H,9,12-14H2,1-4H3,(H2,44,50)(H,46,53)(H,45,47,48)/t15-,22-/m0/s1. The minimum atomic E-state index is -3.53. The summed E-state index contributed by atoms with van der Waals surface area (Å²) in [5.74, 6) is -7.03. The third-order valence-electron chi connectivity index (χ3n) is 9.29.